The van der Waals surface area contributed by atoms with Crippen LogP contribution in [0.1, 0.15) is 5.56 Å². The maximum atomic E-state index is 5.22. The Hall–Kier alpha value is -1.03. The third kappa shape index (κ3) is 1.42. The number of nitrogens with zero attached hydrogens (tertiary/aromatic N) is 1. The molecule has 13 heavy (non-hydrogen) atoms. The zero-order valence-electron chi connectivity index (χ0n) is 7.39. The lowest BCUT2D eigenvalue weighted by Gasteiger charge is -2.01. The van der Waals surface area contributed by atoms with E-state index in [1.165, 1.54) is 0 Å². The second-order valence-electron chi connectivity index (χ2n) is 2.89. The lowest BCUT2D eigenvalue weighted by atomic mass is 10.2. The normalized spacial score (nSPS) is 10.7. The Morgan fingerprint density at radius 2 is 2.23 bits per heavy atom. The van der Waals surface area contributed by atoms with Gasteiger partial charge in [-0.2, -0.15) is 0 Å². The van der Waals surface area contributed by atoms with Crippen molar-refractivity contribution in [3.63, 3.8) is 0 Å². The number of aryl methyl sites for hydroxylation is 1. The van der Waals surface area contributed by atoms with Crippen molar-refractivity contribution in [3.8, 4) is 5.75 Å². The van der Waals surface area contributed by atoms with Crippen LogP contribution in [0.4, 0.5) is 0 Å². The molecule has 2 aromatic rings. The second kappa shape index (κ2) is 3.03. The van der Waals surface area contributed by atoms with Crippen molar-refractivity contribution in [2.75, 3.05) is 7.11 Å². The third-order valence-electron chi connectivity index (χ3n) is 1.89. The predicted octanol–water partition coefficient (Wildman–Crippen LogP) is 2.64. The zero-order valence-corrected chi connectivity index (χ0v) is 8.97. The summed E-state index contributed by atoms with van der Waals surface area (Å²) in [6.07, 6.45) is 0. The van der Waals surface area contributed by atoms with E-state index < -0.39 is 0 Å². The van der Waals surface area contributed by atoms with Gasteiger partial charge in [0.15, 0.2) is 4.73 Å². The SMILES string of the molecule is COc1cc(C)cc2[nH]c(Br)nc12. The molecule has 2 rings (SSSR count). The van der Waals surface area contributed by atoms with Gasteiger partial charge in [0.25, 0.3) is 0 Å². The molecule has 0 amide bonds. The van der Waals surface area contributed by atoms with E-state index in [9.17, 15) is 0 Å². The number of methoxy groups -OCH3 is 1. The summed E-state index contributed by atoms with van der Waals surface area (Å²) in [7, 11) is 1.65. The van der Waals surface area contributed by atoms with Crippen molar-refractivity contribution in [2.24, 2.45) is 0 Å². The number of aromatic nitrogens is 2. The molecule has 3 nitrogen and oxygen atoms in total. The molecule has 0 atom stereocenters. The number of hydrogen-bond acceptors (Lipinski definition) is 2. The lowest BCUT2D eigenvalue weighted by molar-refractivity contribution is 0.418. The van der Waals surface area contributed by atoms with Crippen LogP contribution in [0.2, 0.25) is 0 Å². The third-order valence-corrected chi connectivity index (χ3v) is 2.26. The number of aromatic amines is 1. The van der Waals surface area contributed by atoms with Crippen LogP contribution >= 0.6 is 15.9 Å². The molecule has 1 aromatic heterocycles. The molecule has 0 bridgehead atoms. The van der Waals surface area contributed by atoms with Crippen LogP contribution in [0, 0.1) is 6.92 Å². The molecule has 0 saturated heterocycles. The van der Waals surface area contributed by atoms with Gasteiger partial charge in [0.05, 0.1) is 12.6 Å². The van der Waals surface area contributed by atoms with Crippen molar-refractivity contribution in [2.45, 2.75) is 6.92 Å². The quantitative estimate of drug-likeness (QED) is 0.833. The summed E-state index contributed by atoms with van der Waals surface area (Å²) >= 11 is 3.29. The topological polar surface area (TPSA) is 37.9 Å². The van der Waals surface area contributed by atoms with Crippen molar-refractivity contribution in [1.82, 2.24) is 9.97 Å². The van der Waals surface area contributed by atoms with E-state index >= 15 is 0 Å². The summed E-state index contributed by atoms with van der Waals surface area (Å²) in [5.41, 5.74) is 3.00. The number of benzene rings is 1. The summed E-state index contributed by atoms with van der Waals surface area (Å²) in [5, 5.41) is 0. The Labute approximate surface area is 84.3 Å². The Morgan fingerprint density at radius 1 is 1.46 bits per heavy atom. The van der Waals surface area contributed by atoms with Crippen molar-refractivity contribution >= 4 is 27.0 Å². The first-order valence-corrected chi connectivity index (χ1v) is 4.70. The average Bonchev–Trinajstić information content (AvgIpc) is 2.43. The van der Waals surface area contributed by atoms with Gasteiger partial charge in [-0.25, -0.2) is 4.98 Å². The molecule has 68 valence electrons. The number of halogens is 1. The number of H-pyrrole nitrogens is 1. The van der Waals surface area contributed by atoms with Gasteiger partial charge in [0.1, 0.15) is 11.3 Å². The van der Waals surface area contributed by atoms with Gasteiger partial charge in [-0.1, -0.05) is 0 Å². The van der Waals surface area contributed by atoms with E-state index in [-0.39, 0.29) is 0 Å². The van der Waals surface area contributed by atoms with Crippen molar-refractivity contribution in [1.29, 1.82) is 0 Å². The van der Waals surface area contributed by atoms with Crippen LogP contribution in [0.3, 0.4) is 0 Å². The molecular formula is C9H9BrN2O. The fraction of sp³-hybridized carbons (Fsp3) is 0.222. The van der Waals surface area contributed by atoms with Crippen molar-refractivity contribution < 1.29 is 4.74 Å². The first kappa shape index (κ1) is 8.56. The van der Waals surface area contributed by atoms with Crippen LogP contribution in [-0.4, -0.2) is 17.1 Å². The van der Waals surface area contributed by atoms with Crippen LogP contribution < -0.4 is 4.74 Å². The van der Waals surface area contributed by atoms with Crippen LogP contribution in [0.25, 0.3) is 11.0 Å². The van der Waals surface area contributed by atoms with E-state index in [4.69, 9.17) is 4.74 Å². The van der Waals surface area contributed by atoms with E-state index in [0.717, 1.165) is 27.1 Å². The molecule has 0 saturated carbocycles. The molecule has 0 spiro atoms. The number of rotatable bonds is 1. The van der Waals surface area contributed by atoms with Crippen molar-refractivity contribution in [3.05, 3.63) is 22.4 Å². The molecule has 0 fully saturated rings. The average molecular weight is 241 g/mol. The smallest absolute Gasteiger partial charge is 0.175 e. The highest BCUT2D eigenvalue weighted by molar-refractivity contribution is 9.10. The Balaban J connectivity index is 2.80. The largest absolute Gasteiger partial charge is 0.494 e. The first-order valence-electron chi connectivity index (χ1n) is 3.90. The number of ether oxygens (including phenoxy) is 1. The second-order valence-corrected chi connectivity index (χ2v) is 3.64. The number of nitrogens with one attached hydrogen (secondary N) is 1. The zero-order chi connectivity index (χ0) is 9.42. The van der Waals surface area contributed by atoms with E-state index in [2.05, 4.69) is 25.9 Å². The Kier molecular flexibility index (Phi) is 2.00. The van der Waals surface area contributed by atoms with Gasteiger partial charge in [-0.3, -0.25) is 0 Å². The molecule has 0 aliphatic rings. The predicted molar refractivity (Wildman–Crippen MR) is 55.1 cm³/mol. The van der Waals surface area contributed by atoms with Crippen LogP contribution in [0.5, 0.6) is 5.75 Å². The monoisotopic (exact) mass is 240 g/mol. The highest BCUT2D eigenvalue weighted by atomic mass is 79.9. The van der Waals surface area contributed by atoms with Gasteiger partial charge in [0.2, 0.25) is 0 Å². The molecule has 0 aliphatic carbocycles. The highest BCUT2D eigenvalue weighted by Gasteiger charge is 2.06. The minimum atomic E-state index is 0.728. The summed E-state index contributed by atoms with van der Waals surface area (Å²) in [6.45, 7) is 2.02. The van der Waals surface area contributed by atoms with Crippen LogP contribution in [-0.2, 0) is 0 Å². The van der Waals surface area contributed by atoms with Gasteiger partial charge >= 0.3 is 0 Å². The minimum Gasteiger partial charge on any atom is -0.494 e. The molecule has 4 heteroatoms. The summed E-state index contributed by atoms with van der Waals surface area (Å²) < 4.78 is 5.95. The van der Waals surface area contributed by atoms with Gasteiger partial charge in [-0.15, -0.1) is 0 Å². The Bertz CT molecular complexity index is 450. The number of hydrogen-bond donors (Lipinski definition) is 1. The van der Waals surface area contributed by atoms with E-state index in [1.807, 2.05) is 19.1 Å². The summed E-state index contributed by atoms with van der Waals surface area (Å²) in [5.74, 6) is 0.803. The molecule has 1 aromatic carbocycles. The minimum absolute atomic E-state index is 0.728. The molecule has 0 unspecified atom stereocenters. The first-order chi connectivity index (χ1) is 6.20. The number of imidazole rings is 1. The summed E-state index contributed by atoms with van der Waals surface area (Å²) in [4.78, 5) is 7.36. The Morgan fingerprint density at radius 3 is 2.92 bits per heavy atom. The fourth-order valence-electron chi connectivity index (χ4n) is 1.35. The van der Waals surface area contributed by atoms with E-state index in [0.29, 0.717) is 0 Å². The molecule has 1 heterocycles. The molecule has 0 radical (unpaired) electrons. The van der Waals surface area contributed by atoms with Gasteiger partial charge < -0.3 is 9.72 Å². The fourth-order valence-corrected chi connectivity index (χ4v) is 1.74. The van der Waals surface area contributed by atoms with Crippen LogP contribution in [0.15, 0.2) is 16.9 Å². The molecule has 1 N–H and O–H groups in total. The van der Waals surface area contributed by atoms with Gasteiger partial charge in [0, 0.05) is 0 Å². The molecular weight excluding hydrogens is 232 g/mol. The van der Waals surface area contributed by atoms with Gasteiger partial charge in [-0.05, 0) is 40.5 Å². The highest BCUT2D eigenvalue weighted by Crippen LogP contribution is 2.26. The maximum Gasteiger partial charge on any atom is 0.175 e. The number of fused-ring (bicyclic) bond motifs is 1. The summed E-state index contributed by atoms with van der Waals surface area (Å²) in [6, 6.07) is 4.01. The maximum absolute atomic E-state index is 5.22. The standard InChI is InChI=1S/C9H9BrN2O/c1-5-3-6-8(7(4-5)13-2)12-9(10)11-6/h3-4H,1-2H3,(H,11,12). The van der Waals surface area contributed by atoms with E-state index in [1.54, 1.807) is 7.11 Å². The molecule has 0 aliphatic heterocycles. The lowest BCUT2D eigenvalue weighted by Crippen LogP contribution is -1.85.